The van der Waals surface area contributed by atoms with E-state index in [4.69, 9.17) is 4.74 Å². The van der Waals surface area contributed by atoms with E-state index < -0.39 is 12.0 Å². The molecule has 2 aromatic rings. The molecule has 9 heteroatoms. The predicted molar refractivity (Wildman–Crippen MR) is 88.9 cm³/mol. The van der Waals surface area contributed by atoms with Crippen molar-refractivity contribution in [1.29, 1.82) is 0 Å². The van der Waals surface area contributed by atoms with E-state index in [2.05, 4.69) is 20.3 Å². The number of nitrogens with zero attached hydrogens (tertiary/aromatic N) is 3. The summed E-state index contributed by atoms with van der Waals surface area (Å²) < 4.78 is 11.6. The molecule has 0 bridgehead atoms. The molecule has 0 saturated heterocycles. The first-order valence-corrected chi connectivity index (χ1v) is 8.17. The second kappa shape index (κ2) is 8.34. The lowest BCUT2D eigenvalue weighted by atomic mass is 10.2. The number of alkyl carbamates (subject to hydrolysis) is 1. The Labute approximate surface area is 143 Å². The van der Waals surface area contributed by atoms with Crippen LogP contribution in [0.25, 0.3) is 11.4 Å². The van der Waals surface area contributed by atoms with Crippen molar-refractivity contribution >= 4 is 23.8 Å². The molecule has 0 saturated carbocycles. The van der Waals surface area contributed by atoms with Crippen molar-refractivity contribution in [1.82, 2.24) is 20.1 Å². The van der Waals surface area contributed by atoms with Gasteiger partial charge in [-0.15, -0.1) is 10.2 Å². The Bertz CT molecular complexity index is 715. The molecule has 0 aliphatic rings. The molecule has 1 aromatic carbocycles. The molecule has 0 spiro atoms. The summed E-state index contributed by atoms with van der Waals surface area (Å²) in [7, 11) is 3.42. The van der Waals surface area contributed by atoms with Crippen LogP contribution in [0.4, 0.5) is 4.79 Å². The monoisotopic (exact) mass is 350 g/mol. The fraction of sp³-hybridized carbons (Fsp3) is 0.333. The third-order valence-corrected chi connectivity index (χ3v) is 4.05. The molecule has 2 rings (SSSR count). The number of amides is 2. The Balaban J connectivity index is 1.99. The van der Waals surface area contributed by atoms with Crippen molar-refractivity contribution in [2.24, 2.45) is 7.05 Å². The van der Waals surface area contributed by atoms with E-state index in [0.717, 1.165) is 11.3 Å². The normalized spacial score (nSPS) is 10.3. The molecule has 0 aliphatic heterocycles. The van der Waals surface area contributed by atoms with Crippen molar-refractivity contribution in [3.8, 4) is 17.1 Å². The van der Waals surface area contributed by atoms with E-state index >= 15 is 0 Å². The number of benzene rings is 1. The van der Waals surface area contributed by atoms with Crippen molar-refractivity contribution in [2.45, 2.75) is 12.1 Å². The summed E-state index contributed by atoms with van der Waals surface area (Å²) in [6.45, 7) is 1.87. The maximum absolute atomic E-state index is 11.7. The molecule has 0 unspecified atom stereocenters. The van der Waals surface area contributed by atoms with Gasteiger partial charge in [-0.2, -0.15) is 0 Å². The summed E-state index contributed by atoms with van der Waals surface area (Å²) in [5.74, 6) is 1.01. The van der Waals surface area contributed by atoms with Crippen molar-refractivity contribution in [3.05, 3.63) is 24.3 Å². The minimum atomic E-state index is -0.750. The Morgan fingerprint density at radius 2 is 1.96 bits per heavy atom. The summed E-state index contributed by atoms with van der Waals surface area (Å²) in [5, 5.41) is 10.9. The van der Waals surface area contributed by atoms with Crippen molar-refractivity contribution in [2.75, 3.05) is 19.5 Å². The molecule has 1 N–H and O–H groups in total. The Morgan fingerprint density at radius 3 is 2.58 bits per heavy atom. The molecular weight excluding hydrogens is 332 g/mol. The van der Waals surface area contributed by atoms with E-state index in [-0.39, 0.29) is 12.4 Å². The van der Waals surface area contributed by atoms with E-state index in [9.17, 15) is 9.59 Å². The van der Waals surface area contributed by atoms with E-state index in [0.29, 0.717) is 11.0 Å². The van der Waals surface area contributed by atoms with Gasteiger partial charge >= 0.3 is 6.09 Å². The summed E-state index contributed by atoms with van der Waals surface area (Å²) in [6.07, 6.45) is -0.750. The number of carbonyl (C=O) groups excluding carboxylic acids is 2. The zero-order chi connectivity index (χ0) is 17.5. The van der Waals surface area contributed by atoms with Crippen molar-refractivity contribution in [3.63, 3.8) is 0 Å². The average molecular weight is 350 g/mol. The number of imide groups is 1. The number of thioether (sulfide) groups is 1. The van der Waals surface area contributed by atoms with Crippen LogP contribution in [0.1, 0.15) is 6.92 Å². The number of rotatable bonds is 6. The first-order chi connectivity index (χ1) is 11.5. The molecule has 0 radical (unpaired) electrons. The molecule has 0 fully saturated rings. The van der Waals surface area contributed by atoms with Crippen molar-refractivity contribution < 1.29 is 19.1 Å². The van der Waals surface area contributed by atoms with Crippen LogP contribution in [0.5, 0.6) is 5.75 Å². The van der Waals surface area contributed by atoms with Gasteiger partial charge in [-0.1, -0.05) is 11.8 Å². The number of ether oxygens (including phenoxy) is 2. The van der Waals surface area contributed by atoms with Gasteiger partial charge < -0.3 is 14.0 Å². The average Bonchev–Trinajstić information content (AvgIpc) is 2.94. The van der Waals surface area contributed by atoms with Gasteiger partial charge in [-0.05, 0) is 31.2 Å². The fourth-order valence-corrected chi connectivity index (χ4v) is 2.59. The quantitative estimate of drug-likeness (QED) is 0.794. The topological polar surface area (TPSA) is 95.3 Å². The molecule has 8 nitrogen and oxygen atoms in total. The number of carbonyl (C=O) groups is 2. The van der Waals surface area contributed by atoms with Crippen LogP contribution >= 0.6 is 11.8 Å². The molecule has 128 valence electrons. The van der Waals surface area contributed by atoms with Gasteiger partial charge in [0.15, 0.2) is 11.0 Å². The highest BCUT2D eigenvalue weighted by Crippen LogP contribution is 2.24. The van der Waals surface area contributed by atoms with Crippen LogP contribution in [-0.4, -0.2) is 46.2 Å². The SMILES string of the molecule is CCOC(=O)NC(=O)CSc1nnc(-c2ccc(OC)cc2)n1C. The fourth-order valence-electron chi connectivity index (χ4n) is 1.88. The maximum Gasteiger partial charge on any atom is 0.413 e. The zero-order valence-corrected chi connectivity index (χ0v) is 14.4. The van der Waals surface area contributed by atoms with Crippen LogP contribution in [-0.2, 0) is 16.6 Å². The highest BCUT2D eigenvalue weighted by atomic mass is 32.2. The Kier molecular flexibility index (Phi) is 6.19. The first kappa shape index (κ1) is 17.8. The van der Waals surface area contributed by atoms with Crippen LogP contribution in [0, 0.1) is 0 Å². The number of aromatic nitrogens is 3. The van der Waals surface area contributed by atoms with E-state index in [1.54, 1.807) is 18.6 Å². The van der Waals surface area contributed by atoms with Gasteiger partial charge in [0, 0.05) is 12.6 Å². The van der Waals surface area contributed by atoms with Crippen LogP contribution in [0.2, 0.25) is 0 Å². The Hall–Kier alpha value is -2.55. The summed E-state index contributed by atoms with van der Waals surface area (Å²) >= 11 is 1.18. The highest BCUT2D eigenvalue weighted by Gasteiger charge is 2.14. The standard InChI is InChI=1S/C15H18N4O4S/c1-4-23-15(21)16-12(20)9-24-14-18-17-13(19(14)2)10-5-7-11(22-3)8-6-10/h5-8H,4,9H2,1-3H3,(H,16,20,21). The van der Waals surface area contributed by atoms with Gasteiger partial charge in [0.25, 0.3) is 0 Å². The predicted octanol–water partition coefficient (Wildman–Crippen LogP) is 1.86. The molecule has 1 heterocycles. The second-order valence-corrected chi connectivity index (χ2v) is 5.59. The lowest BCUT2D eigenvalue weighted by Gasteiger charge is -2.05. The van der Waals surface area contributed by atoms with Gasteiger partial charge in [0.2, 0.25) is 5.91 Å². The summed E-state index contributed by atoms with van der Waals surface area (Å²) in [6, 6.07) is 7.43. The Morgan fingerprint density at radius 1 is 1.25 bits per heavy atom. The lowest BCUT2D eigenvalue weighted by molar-refractivity contribution is -0.117. The zero-order valence-electron chi connectivity index (χ0n) is 13.6. The van der Waals surface area contributed by atoms with Gasteiger partial charge in [-0.3, -0.25) is 10.1 Å². The highest BCUT2D eigenvalue weighted by molar-refractivity contribution is 7.99. The van der Waals surface area contributed by atoms with Gasteiger partial charge in [0.1, 0.15) is 5.75 Å². The number of methoxy groups -OCH3 is 1. The van der Waals surface area contributed by atoms with Crippen LogP contribution in [0.15, 0.2) is 29.4 Å². The van der Waals surface area contributed by atoms with Gasteiger partial charge in [-0.25, -0.2) is 4.79 Å². The maximum atomic E-state index is 11.7. The van der Waals surface area contributed by atoms with Crippen LogP contribution < -0.4 is 10.1 Å². The molecule has 0 atom stereocenters. The number of hydrogen-bond donors (Lipinski definition) is 1. The van der Waals surface area contributed by atoms with Crippen LogP contribution in [0.3, 0.4) is 0 Å². The molecule has 1 aromatic heterocycles. The molecular formula is C15H18N4O4S. The second-order valence-electron chi connectivity index (χ2n) is 4.65. The third-order valence-electron chi connectivity index (χ3n) is 3.03. The molecule has 0 aliphatic carbocycles. The smallest absolute Gasteiger partial charge is 0.413 e. The largest absolute Gasteiger partial charge is 0.497 e. The summed E-state index contributed by atoms with van der Waals surface area (Å²) in [4.78, 5) is 22.8. The molecule has 2 amide bonds. The molecule has 24 heavy (non-hydrogen) atoms. The van der Waals surface area contributed by atoms with E-state index in [1.165, 1.54) is 11.8 Å². The van der Waals surface area contributed by atoms with Gasteiger partial charge in [0.05, 0.1) is 19.5 Å². The number of hydrogen-bond acceptors (Lipinski definition) is 7. The summed E-state index contributed by atoms with van der Waals surface area (Å²) in [5.41, 5.74) is 0.883. The number of nitrogens with one attached hydrogen (secondary N) is 1. The first-order valence-electron chi connectivity index (χ1n) is 7.18. The lowest BCUT2D eigenvalue weighted by Crippen LogP contribution is -2.32. The minimum absolute atomic E-state index is 0.0351. The third kappa shape index (κ3) is 4.48. The minimum Gasteiger partial charge on any atom is -0.497 e. The van der Waals surface area contributed by atoms with E-state index in [1.807, 2.05) is 31.3 Å².